The highest BCUT2D eigenvalue weighted by atomic mass is 32.2. The van der Waals surface area contributed by atoms with E-state index in [9.17, 15) is 4.79 Å². The Hall–Kier alpha value is -2.09. The van der Waals surface area contributed by atoms with Crippen molar-refractivity contribution in [2.45, 2.75) is 5.16 Å². The predicted octanol–water partition coefficient (Wildman–Crippen LogP) is 0.234. The number of thioether (sulfide) groups is 1. The molecule has 0 atom stereocenters. The predicted molar refractivity (Wildman–Crippen MR) is 72.8 cm³/mol. The van der Waals surface area contributed by atoms with Gasteiger partial charge >= 0.3 is 0 Å². The Morgan fingerprint density at radius 3 is 2.89 bits per heavy atom. The van der Waals surface area contributed by atoms with E-state index in [2.05, 4.69) is 15.2 Å². The maximum Gasteiger partial charge on any atom is 0.232 e. The van der Waals surface area contributed by atoms with Crippen LogP contribution in [0.1, 0.15) is 0 Å². The van der Waals surface area contributed by atoms with Gasteiger partial charge in [-0.15, -0.1) is 10.2 Å². The van der Waals surface area contributed by atoms with Gasteiger partial charge in [-0.1, -0.05) is 11.8 Å². The van der Waals surface area contributed by atoms with Gasteiger partial charge in [0.2, 0.25) is 11.1 Å². The van der Waals surface area contributed by atoms with Gasteiger partial charge in [0.1, 0.15) is 0 Å². The minimum atomic E-state index is -0.00377. The molecule has 2 N–H and O–H groups in total. The Bertz CT molecular complexity index is 568. The van der Waals surface area contributed by atoms with Crippen LogP contribution >= 0.6 is 11.8 Å². The van der Waals surface area contributed by atoms with Crippen LogP contribution < -0.4 is 5.84 Å². The molecule has 2 rings (SSSR count). The van der Waals surface area contributed by atoms with E-state index < -0.39 is 0 Å². The average Bonchev–Trinajstić information content (AvgIpc) is 2.78. The molecule has 2 aromatic heterocycles. The fourth-order valence-electron chi connectivity index (χ4n) is 1.32. The average molecular weight is 278 g/mol. The Morgan fingerprint density at radius 2 is 2.26 bits per heavy atom. The van der Waals surface area contributed by atoms with Crippen LogP contribution in [0.5, 0.6) is 0 Å². The summed E-state index contributed by atoms with van der Waals surface area (Å²) in [4.78, 5) is 17.0. The zero-order chi connectivity index (χ0) is 13.8. The third kappa shape index (κ3) is 3.02. The summed E-state index contributed by atoms with van der Waals surface area (Å²) in [5.41, 5.74) is 0.781. The molecule has 0 radical (unpaired) electrons. The van der Waals surface area contributed by atoms with Gasteiger partial charge in [0, 0.05) is 32.1 Å². The number of aromatic nitrogens is 4. The highest BCUT2D eigenvalue weighted by Gasteiger charge is 2.14. The van der Waals surface area contributed by atoms with Crippen LogP contribution in [0.2, 0.25) is 0 Å². The summed E-state index contributed by atoms with van der Waals surface area (Å²) in [5, 5.41) is 8.48. The summed E-state index contributed by atoms with van der Waals surface area (Å²) >= 11 is 1.25. The van der Waals surface area contributed by atoms with E-state index in [0.717, 1.165) is 5.56 Å². The molecule has 19 heavy (non-hydrogen) atoms. The summed E-state index contributed by atoms with van der Waals surface area (Å²) in [7, 11) is 3.41. The van der Waals surface area contributed by atoms with Crippen molar-refractivity contribution in [1.29, 1.82) is 0 Å². The molecule has 0 aliphatic rings. The largest absolute Gasteiger partial charge is 0.348 e. The zero-order valence-electron chi connectivity index (χ0n) is 10.6. The molecule has 0 fully saturated rings. The molecule has 8 heteroatoms. The summed E-state index contributed by atoms with van der Waals surface area (Å²) in [5.74, 6) is 6.71. The minimum Gasteiger partial charge on any atom is -0.348 e. The monoisotopic (exact) mass is 278 g/mol. The minimum absolute atomic E-state index is 0.00377. The van der Waals surface area contributed by atoms with Gasteiger partial charge in [-0.05, 0) is 12.1 Å². The van der Waals surface area contributed by atoms with Crippen molar-refractivity contribution in [2.75, 3.05) is 25.7 Å². The fourth-order valence-corrected chi connectivity index (χ4v) is 2.16. The van der Waals surface area contributed by atoms with Gasteiger partial charge in [0.25, 0.3) is 0 Å². The molecule has 7 nitrogen and oxygen atoms in total. The second kappa shape index (κ2) is 5.70. The Morgan fingerprint density at radius 1 is 1.47 bits per heavy atom. The van der Waals surface area contributed by atoms with Gasteiger partial charge in [-0.25, -0.2) is 4.68 Å². The first-order chi connectivity index (χ1) is 9.09. The van der Waals surface area contributed by atoms with E-state index in [0.29, 0.717) is 11.0 Å². The number of rotatable bonds is 4. The van der Waals surface area contributed by atoms with Crippen LogP contribution in [0.4, 0.5) is 0 Å². The molecule has 0 saturated heterocycles. The molecule has 0 bridgehead atoms. The smallest absolute Gasteiger partial charge is 0.232 e. The number of carbonyl (C=O) groups excluding carboxylic acids is 1. The quantitative estimate of drug-likeness (QED) is 0.636. The van der Waals surface area contributed by atoms with Crippen LogP contribution in [0.3, 0.4) is 0 Å². The third-order valence-corrected chi connectivity index (χ3v) is 3.34. The molecule has 0 aliphatic heterocycles. The van der Waals surface area contributed by atoms with Crippen molar-refractivity contribution in [3.05, 3.63) is 24.5 Å². The zero-order valence-corrected chi connectivity index (χ0v) is 11.5. The van der Waals surface area contributed by atoms with Crippen LogP contribution in [0.25, 0.3) is 11.4 Å². The normalized spacial score (nSPS) is 10.4. The molecule has 2 aromatic rings. The number of nitrogens with two attached hydrogens (primary N) is 1. The number of hydrogen-bond donors (Lipinski definition) is 1. The number of amides is 1. The fraction of sp³-hybridized carbons (Fsp3) is 0.273. The van der Waals surface area contributed by atoms with Crippen molar-refractivity contribution in [2.24, 2.45) is 0 Å². The summed E-state index contributed by atoms with van der Waals surface area (Å²) < 4.78 is 1.37. The van der Waals surface area contributed by atoms with Crippen molar-refractivity contribution in [1.82, 2.24) is 24.8 Å². The first kappa shape index (κ1) is 13.3. The lowest BCUT2D eigenvalue weighted by Gasteiger charge is -2.09. The van der Waals surface area contributed by atoms with Gasteiger partial charge in [-0.2, -0.15) is 0 Å². The molecule has 0 saturated carbocycles. The number of pyridine rings is 1. The van der Waals surface area contributed by atoms with Crippen LogP contribution in [0.15, 0.2) is 29.7 Å². The number of nitrogen functional groups attached to an aromatic ring is 1. The lowest BCUT2D eigenvalue weighted by molar-refractivity contribution is -0.125. The van der Waals surface area contributed by atoms with Gasteiger partial charge in [0.05, 0.1) is 5.75 Å². The highest BCUT2D eigenvalue weighted by Crippen LogP contribution is 2.20. The van der Waals surface area contributed by atoms with Crippen LogP contribution in [0, 0.1) is 0 Å². The summed E-state index contributed by atoms with van der Waals surface area (Å²) in [6, 6.07) is 3.65. The number of hydrogen-bond acceptors (Lipinski definition) is 6. The highest BCUT2D eigenvalue weighted by molar-refractivity contribution is 7.99. The van der Waals surface area contributed by atoms with Crippen molar-refractivity contribution >= 4 is 17.7 Å². The van der Waals surface area contributed by atoms with E-state index in [1.807, 2.05) is 6.07 Å². The van der Waals surface area contributed by atoms with E-state index in [4.69, 9.17) is 5.84 Å². The summed E-state index contributed by atoms with van der Waals surface area (Å²) in [6.45, 7) is 0. The molecule has 2 heterocycles. The van der Waals surface area contributed by atoms with Crippen LogP contribution in [-0.2, 0) is 4.79 Å². The van der Waals surface area contributed by atoms with Gasteiger partial charge < -0.3 is 10.7 Å². The molecule has 0 aliphatic carbocycles. The maximum atomic E-state index is 11.5. The van der Waals surface area contributed by atoms with Crippen LogP contribution in [-0.4, -0.2) is 50.5 Å². The molecule has 0 spiro atoms. The second-order valence-corrected chi connectivity index (χ2v) is 4.94. The van der Waals surface area contributed by atoms with Gasteiger partial charge in [-0.3, -0.25) is 9.78 Å². The first-order valence-electron chi connectivity index (χ1n) is 5.53. The van der Waals surface area contributed by atoms with E-state index in [1.165, 1.54) is 21.3 Å². The van der Waals surface area contributed by atoms with E-state index in [-0.39, 0.29) is 11.7 Å². The second-order valence-electron chi connectivity index (χ2n) is 3.99. The first-order valence-corrected chi connectivity index (χ1v) is 6.52. The van der Waals surface area contributed by atoms with Crippen molar-refractivity contribution in [3.63, 3.8) is 0 Å². The molecular weight excluding hydrogens is 264 g/mol. The Kier molecular flexibility index (Phi) is 4.00. The molecule has 1 amide bonds. The number of carbonyl (C=O) groups is 1. The van der Waals surface area contributed by atoms with E-state index >= 15 is 0 Å². The maximum absolute atomic E-state index is 11.5. The number of nitrogens with zero attached hydrogens (tertiary/aromatic N) is 5. The standard InChI is InChI=1S/C11H14N6OS/c1-16(2)9(18)7-19-11-15-14-10(17(11)12)8-4-3-5-13-6-8/h3-6H,7,12H2,1-2H3. The molecule has 100 valence electrons. The lowest BCUT2D eigenvalue weighted by Crippen LogP contribution is -2.24. The topological polar surface area (TPSA) is 89.9 Å². The Labute approximate surface area is 114 Å². The van der Waals surface area contributed by atoms with Gasteiger partial charge in [0.15, 0.2) is 5.82 Å². The molecule has 0 aromatic carbocycles. The molecule has 0 unspecified atom stereocenters. The SMILES string of the molecule is CN(C)C(=O)CSc1nnc(-c2cccnc2)n1N. The van der Waals surface area contributed by atoms with Crippen molar-refractivity contribution < 1.29 is 4.79 Å². The summed E-state index contributed by atoms with van der Waals surface area (Å²) in [6.07, 6.45) is 3.33. The lowest BCUT2D eigenvalue weighted by atomic mass is 10.3. The Balaban J connectivity index is 2.13. The van der Waals surface area contributed by atoms with Crippen molar-refractivity contribution in [3.8, 4) is 11.4 Å². The third-order valence-electron chi connectivity index (χ3n) is 2.41. The van der Waals surface area contributed by atoms with E-state index in [1.54, 1.807) is 32.6 Å². The molecular formula is C11H14N6OS.